The van der Waals surface area contributed by atoms with Crippen molar-refractivity contribution in [2.75, 3.05) is 5.73 Å². The van der Waals surface area contributed by atoms with Crippen LogP contribution in [0.4, 0.5) is 5.69 Å². The summed E-state index contributed by atoms with van der Waals surface area (Å²) in [6.45, 7) is 4.63. The Kier molecular flexibility index (Phi) is 2.86. The van der Waals surface area contributed by atoms with E-state index in [1.807, 2.05) is 12.1 Å². The summed E-state index contributed by atoms with van der Waals surface area (Å²) in [6, 6.07) is 11.5. The average Bonchev–Trinajstić information content (AvgIpc) is 2.69. The Morgan fingerprint density at radius 3 is 2.65 bits per heavy atom. The minimum absolute atomic E-state index is 0.358. The van der Waals surface area contributed by atoms with Gasteiger partial charge >= 0.3 is 5.76 Å². The van der Waals surface area contributed by atoms with E-state index < -0.39 is 0 Å². The predicted molar refractivity (Wildman–Crippen MR) is 79.9 cm³/mol. The van der Waals surface area contributed by atoms with Crippen molar-refractivity contribution in [3.05, 3.63) is 63.6 Å². The van der Waals surface area contributed by atoms with Gasteiger partial charge in [-0.2, -0.15) is 0 Å². The lowest BCUT2D eigenvalue weighted by Gasteiger charge is -2.06. The number of nitrogens with two attached hydrogens (primary N) is 1. The van der Waals surface area contributed by atoms with Crippen molar-refractivity contribution in [2.24, 2.45) is 0 Å². The summed E-state index contributed by atoms with van der Waals surface area (Å²) in [6.07, 6.45) is 0. The Labute approximate surface area is 116 Å². The number of aromatic nitrogens is 1. The molecular formula is C16H16N2O2. The van der Waals surface area contributed by atoms with E-state index in [4.69, 9.17) is 10.2 Å². The van der Waals surface area contributed by atoms with E-state index in [9.17, 15) is 4.79 Å². The zero-order valence-corrected chi connectivity index (χ0v) is 11.5. The molecule has 4 nitrogen and oxygen atoms in total. The molecule has 0 atom stereocenters. The first kappa shape index (κ1) is 12.5. The Morgan fingerprint density at radius 1 is 1.10 bits per heavy atom. The predicted octanol–water partition coefficient (Wildman–Crippen LogP) is 2.84. The highest BCUT2D eigenvalue weighted by Crippen LogP contribution is 2.18. The summed E-state index contributed by atoms with van der Waals surface area (Å²) in [5.41, 5.74) is 11.1. The van der Waals surface area contributed by atoms with Crippen LogP contribution >= 0.6 is 0 Å². The largest absolute Gasteiger partial charge is 0.420 e. The molecule has 0 saturated heterocycles. The Morgan fingerprint density at radius 2 is 1.90 bits per heavy atom. The lowest BCUT2D eigenvalue weighted by Crippen LogP contribution is -2.14. The number of anilines is 1. The molecular weight excluding hydrogens is 252 g/mol. The molecule has 2 aromatic carbocycles. The molecule has 4 heteroatoms. The number of oxazole rings is 1. The van der Waals surface area contributed by atoms with E-state index in [0.29, 0.717) is 17.8 Å². The standard InChI is InChI=1S/C16H16N2O2/c1-10-3-4-12(7-11(10)2)9-18-14-6-5-13(17)8-15(14)20-16(18)19/h3-8H,9,17H2,1-2H3. The fourth-order valence-corrected chi connectivity index (χ4v) is 2.32. The fourth-order valence-electron chi connectivity index (χ4n) is 2.32. The lowest BCUT2D eigenvalue weighted by atomic mass is 10.1. The van der Waals surface area contributed by atoms with Crippen LogP contribution in [0, 0.1) is 13.8 Å². The van der Waals surface area contributed by atoms with Crippen molar-refractivity contribution in [1.29, 1.82) is 0 Å². The van der Waals surface area contributed by atoms with Gasteiger partial charge in [-0.25, -0.2) is 4.79 Å². The van der Waals surface area contributed by atoms with Crippen LogP contribution in [0.15, 0.2) is 45.6 Å². The third-order valence-corrected chi connectivity index (χ3v) is 3.60. The highest BCUT2D eigenvalue weighted by Gasteiger charge is 2.10. The van der Waals surface area contributed by atoms with Crippen LogP contribution < -0.4 is 11.5 Å². The molecule has 0 aliphatic rings. The minimum atomic E-state index is -0.358. The molecule has 0 bridgehead atoms. The number of benzene rings is 2. The molecule has 0 radical (unpaired) electrons. The summed E-state index contributed by atoms with van der Waals surface area (Å²) in [7, 11) is 0. The van der Waals surface area contributed by atoms with Crippen molar-refractivity contribution < 1.29 is 4.42 Å². The minimum Gasteiger partial charge on any atom is -0.408 e. The highest BCUT2D eigenvalue weighted by atomic mass is 16.4. The maximum absolute atomic E-state index is 12.0. The number of aryl methyl sites for hydroxylation is 2. The average molecular weight is 268 g/mol. The van der Waals surface area contributed by atoms with Gasteiger partial charge in [-0.1, -0.05) is 18.2 Å². The van der Waals surface area contributed by atoms with Crippen molar-refractivity contribution >= 4 is 16.8 Å². The topological polar surface area (TPSA) is 61.2 Å². The summed E-state index contributed by atoms with van der Waals surface area (Å²) in [4.78, 5) is 12.0. The Balaban J connectivity index is 2.08. The van der Waals surface area contributed by atoms with Gasteiger partial charge in [0.05, 0.1) is 12.1 Å². The van der Waals surface area contributed by atoms with Crippen LogP contribution in [0.25, 0.3) is 11.1 Å². The van der Waals surface area contributed by atoms with Gasteiger partial charge in [-0.05, 0) is 42.7 Å². The summed E-state index contributed by atoms with van der Waals surface area (Å²) in [5.74, 6) is -0.358. The molecule has 102 valence electrons. The molecule has 0 aliphatic carbocycles. The highest BCUT2D eigenvalue weighted by molar-refractivity contribution is 5.76. The molecule has 0 fully saturated rings. The molecule has 0 saturated carbocycles. The second-order valence-electron chi connectivity index (χ2n) is 5.10. The van der Waals surface area contributed by atoms with Crippen molar-refractivity contribution in [3.63, 3.8) is 0 Å². The number of fused-ring (bicyclic) bond motifs is 1. The van der Waals surface area contributed by atoms with E-state index in [0.717, 1.165) is 11.1 Å². The molecule has 1 heterocycles. The molecule has 3 rings (SSSR count). The molecule has 0 spiro atoms. The van der Waals surface area contributed by atoms with Gasteiger partial charge in [-0.15, -0.1) is 0 Å². The lowest BCUT2D eigenvalue weighted by molar-refractivity contribution is 0.518. The smallest absolute Gasteiger partial charge is 0.408 e. The van der Waals surface area contributed by atoms with Crippen LogP contribution in [0.3, 0.4) is 0 Å². The first-order valence-electron chi connectivity index (χ1n) is 6.49. The summed E-state index contributed by atoms with van der Waals surface area (Å²) >= 11 is 0. The number of hydrogen-bond donors (Lipinski definition) is 1. The second-order valence-corrected chi connectivity index (χ2v) is 5.10. The number of rotatable bonds is 2. The molecule has 0 amide bonds. The molecule has 1 aromatic heterocycles. The molecule has 2 N–H and O–H groups in total. The van der Waals surface area contributed by atoms with Gasteiger partial charge in [0.1, 0.15) is 0 Å². The third-order valence-electron chi connectivity index (χ3n) is 3.60. The zero-order chi connectivity index (χ0) is 14.3. The van der Waals surface area contributed by atoms with E-state index >= 15 is 0 Å². The fraction of sp³-hybridized carbons (Fsp3) is 0.188. The maximum atomic E-state index is 12.0. The Hall–Kier alpha value is -2.49. The van der Waals surface area contributed by atoms with Gasteiger partial charge in [0.25, 0.3) is 0 Å². The van der Waals surface area contributed by atoms with Crippen molar-refractivity contribution in [1.82, 2.24) is 4.57 Å². The van der Waals surface area contributed by atoms with Crippen LogP contribution in [-0.2, 0) is 6.54 Å². The Bertz CT molecular complexity index is 843. The first-order valence-corrected chi connectivity index (χ1v) is 6.49. The summed E-state index contributed by atoms with van der Waals surface area (Å²) in [5, 5.41) is 0. The molecule has 0 aliphatic heterocycles. The van der Waals surface area contributed by atoms with Crippen LogP contribution in [-0.4, -0.2) is 4.57 Å². The second kappa shape index (κ2) is 4.56. The number of hydrogen-bond acceptors (Lipinski definition) is 3. The van der Waals surface area contributed by atoms with E-state index in [1.54, 1.807) is 16.7 Å². The monoisotopic (exact) mass is 268 g/mol. The van der Waals surface area contributed by atoms with E-state index in [-0.39, 0.29) is 5.76 Å². The zero-order valence-electron chi connectivity index (χ0n) is 11.5. The van der Waals surface area contributed by atoms with E-state index in [2.05, 4.69) is 26.0 Å². The first-order chi connectivity index (χ1) is 9.54. The quantitative estimate of drug-likeness (QED) is 0.727. The van der Waals surface area contributed by atoms with Gasteiger partial charge in [-0.3, -0.25) is 4.57 Å². The van der Waals surface area contributed by atoms with Crippen LogP contribution in [0.2, 0.25) is 0 Å². The SMILES string of the molecule is Cc1ccc(Cn2c(=O)oc3cc(N)ccc32)cc1C. The van der Waals surface area contributed by atoms with Gasteiger partial charge in [0.15, 0.2) is 5.58 Å². The third kappa shape index (κ3) is 2.09. The van der Waals surface area contributed by atoms with Gasteiger partial charge in [0.2, 0.25) is 0 Å². The summed E-state index contributed by atoms with van der Waals surface area (Å²) < 4.78 is 6.86. The van der Waals surface area contributed by atoms with Gasteiger partial charge in [0, 0.05) is 11.8 Å². The van der Waals surface area contributed by atoms with Crippen molar-refractivity contribution in [2.45, 2.75) is 20.4 Å². The molecule has 0 unspecified atom stereocenters. The number of nitrogen functional groups attached to an aromatic ring is 1. The normalized spacial score (nSPS) is 11.1. The van der Waals surface area contributed by atoms with Gasteiger partial charge < -0.3 is 10.2 Å². The molecule has 3 aromatic rings. The van der Waals surface area contributed by atoms with Crippen LogP contribution in [0.1, 0.15) is 16.7 Å². The van der Waals surface area contributed by atoms with Crippen molar-refractivity contribution in [3.8, 4) is 0 Å². The number of nitrogens with zero attached hydrogens (tertiary/aromatic N) is 1. The molecule has 20 heavy (non-hydrogen) atoms. The van der Waals surface area contributed by atoms with E-state index in [1.165, 1.54) is 11.1 Å². The maximum Gasteiger partial charge on any atom is 0.420 e. The van der Waals surface area contributed by atoms with Crippen LogP contribution in [0.5, 0.6) is 0 Å².